The summed E-state index contributed by atoms with van der Waals surface area (Å²) in [5.41, 5.74) is 4.07. The second-order valence-electron chi connectivity index (χ2n) is 6.47. The first-order valence-electron chi connectivity index (χ1n) is 8.49. The smallest absolute Gasteiger partial charge is 0.293 e. The normalized spacial score (nSPS) is 16.1. The fraction of sp³-hybridized carbons (Fsp3) is 0.143. The van der Waals surface area contributed by atoms with Crippen molar-refractivity contribution in [2.45, 2.75) is 13.5 Å². The van der Waals surface area contributed by atoms with Gasteiger partial charge in [0, 0.05) is 33.7 Å². The van der Waals surface area contributed by atoms with E-state index < -0.39 is 0 Å². The van der Waals surface area contributed by atoms with Gasteiger partial charge >= 0.3 is 0 Å². The predicted molar refractivity (Wildman–Crippen MR) is 113 cm³/mol. The Hall–Kier alpha value is -2.31. The fourth-order valence-electron chi connectivity index (χ4n) is 3.32. The number of benzene rings is 2. The maximum absolute atomic E-state index is 12.9. The third-order valence-electron chi connectivity index (χ3n) is 4.83. The van der Waals surface area contributed by atoms with E-state index in [9.17, 15) is 9.59 Å². The summed E-state index contributed by atoms with van der Waals surface area (Å²) in [6.45, 7) is 2.30. The minimum Gasteiger partial charge on any atom is -0.347 e. The lowest BCUT2D eigenvalue weighted by Gasteiger charge is -2.12. The molecule has 0 unspecified atom stereocenters. The van der Waals surface area contributed by atoms with Gasteiger partial charge in [-0.05, 0) is 48.5 Å². The van der Waals surface area contributed by atoms with Gasteiger partial charge in [0.1, 0.15) is 0 Å². The van der Waals surface area contributed by atoms with Crippen LogP contribution >= 0.6 is 27.7 Å². The van der Waals surface area contributed by atoms with Crippen LogP contribution in [-0.4, -0.2) is 20.6 Å². The Morgan fingerprint density at radius 2 is 1.89 bits per heavy atom. The monoisotopic (exact) mass is 440 g/mol. The van der Waals surface area contributed by atoms with Gasteiger partial charge in [0.15, 0.2) is 0 Å². The molecule has 136 valence electrons. The molecular formula is C21H17BrN2O2S. The summed E-state index contributed by atoms with van der Waals surface area (Å²) in [4.78, 5) is 27.1. The van der Waals surface area contributed by atoms with Crippen LogP contribution in [0.2, 0.25) is 0 Å². The first kappa shape index (κ1) is 18.1. The van der Waals surface area contributed by atoms with Crippen LogP contribution in [0.25, 0.3) is 17.0 Å². The zero-order chi connectivity index (χ0) is 19.1. The summed E-state index contributed by atoms with van der Waals surface area (Å²) in [5, 5.41) is 0.848. The highest BCUT2D eigenvalue weighted by atomic mass is 79.9. The minimum absolute atomic E-state index is 0.232. The zero-order valence-corrected chi connectivity index (χ0v) is 17.3. The molecule has 0 spiro atoms. The molecule has 4 nitrogen and oxygen atoms in total. The number of amides is 2. The van der Waals surface area contributed by atoms with E-state index in [1.54, 1.807) is 0 Å². The third-order valence-corrected chi connectivity index (χ3v) is 6.23. The number of fused-ring (bicyclic) bond motifs is 1. The van der Waals surface area contributed by atoms with Gasteiger partial charge in [-0.15, -0.1) is 0 Å². The van der Waals surface area contributed by atoms with Gasteiger partial charge in [-0.3, -0.25) is 14.5 Å². The van der Waals surface area contributed by atoms with E-state index in [0.717, 1.165) is 44.0 Å². The molecule has 0 radical (unpaired) electrons. The van der Waals surface area contributed by atoms with Crippen molar-refractivity contribution < 1.29 is 9.59 Å². The summed E-state index contributed by atoms with van der Waals surface area (Å²) in [7, 11) is 2.01. The molecule has 3 aromatic rings. The Kier molecular flexibility index (Phi) is 4.70. The molecule has 0 saturated carbocycles. The largest absolute Gasteiger partial charge is 0.347 e. The highest BCUT2D eigenvalue weighted by Crippen LogP contribution is 2.36. The van der Waals surface area contributed by atoms with Gasteiger partial charge in [-0.25, -0.2) is 0 Å². The van der Waals surface area contributed by atoms with E-state index in [1.165, 1.54) is 4.90 Å². The topological polar surface area (TPSA) is 42.3 Å². The lowest BCUT2D eigenvalue weighted by Crippen LogP contribution is -2.27. The summed E-state index contributed by atoms with van der Waals surface area (Å²) in [6, 6.07) is 15.7. The Bertz CT molecular complexity index is 1120. The molecule has 6 heteroatoms. The number of aromatic nitrogens is 1. The van der Waals surface area contributed by atoms with E-state index in [4.69, 9.17) is 0 Å². The van der Waals surface area contributed by atoms with Crippen molar-refractivity contribution in [3.8, 4) is 0 Å². The number of carbonyl (C=O) groups is 2. The van der Waals surface area contributed by atoms with E-state index in [0.29, 0.717) is 4.91 Å². The quantitative estimate of drug-likeness (QED) is 0.505. The van der Waals surface area contributed by atoms with Crippen LogP contribution in [0, 0.1) is 6.92 Å². The number of para-hydroxylation sites is 1. The number of aryl methyl sites for hydroxylation is 1. The second-order valence-corrected chi connectivity index (χ2v) is 8.38. The summed E-state index contributed by atoms with van der Waals surface area (Å²) < 4.78 is 3.03. The number of hydrogen-bond acceptors (Lipinski definition) is 3. The Balaban J connectivity index is 1.69. The van der Waals surface area contributed by atoms with Crippen LogP contribution in [0.3, 0.4) is 0 Å². The van der Waals surface area contributed by atoms with Gasteiger partial charge in [0.25, 0.3) is 11.1 Å². The molecule has 1 aliphatic rings. The first-order chi connectivity index (χ1) is 13.0. The molecule has 1 aromatic heterocycles. The molecule has 2 aromatic carbocycles. The molecule has 27 heavy (non-hydrogen) atoms. The van der Waals surface area contributed by atoms with Crippen molar-refractivity contribution in [2.24, 2.45) is 7.05 Å². The van der Waals surface area contributed by atoms with Crippen molar-refractivity contribution in [3.63, 3.8) is 0 Å². The van der Waals surface area contributed by atoms with Crippen LogP contribution < -0.4 is 0 Å². The third kappa shape index (κ3) is 3.24. The first-order valence-corrected chi connectivity index (χ1v) is 10.1. The van der Waals surface area contributed by atoms with Gasteiger partial charge in [0.2, 0.25) is 0 Å². The van der Waals surface area contributed by atoms with E-state index in [1.807, 2.05) is 62.5 Å². The van der Waals surface area contributed by atoms with Crippen LogP contribution in [0.5, 0.6) is 0 Å². The molecule has 1 fully saturated rings. The van der Waals surface area contributed by atoms with Crippen LogP contribution in [0.1, 0.15) is 16.8 Å². The van der Waals surface area contributed by atoms with Crippen molar-refractivity contribution >= 4 is 55.8 Å². The maximum atomic E-state index is 12.9. The van der Waals surface area contributed by atoms with Gasteiger partial charge in [-0.1, -0.05) is 46.3 Å². The van der Waals surface area contributed by atoms with Crippen LogP contribution in [-0.2, 0) is 18.4 Å². The lowest BCUT2D eigenvalue weighted by molar-refractivity contribution is -0.123. The molecule has 0 N–H and O–H groups in total. The molecule has 4 rings (SSSR count). The van der Waals surface area contributed by atoms with Crippen LogP contribution in [0.15, 0.2) is 57.9 Å². The number of thioether (sulfide) groups is 1. The number of carbonyl (C=O) groups excluding carboxylic acids is 2. The SMILES string of the molecule is Cc1c(/C=C2\SC(=O)N(Cc3cccc(Br)c3)C2=O)c2ccccc2n1C. The number of imide groups is 1. The van der Waals surface area contributed by atoms with Crippen molar-refractivity contribution in [3.05, 3.63) is 74.7 Å². The fourth-order valence-corrected chi connectivity index (χ4v) is 4.58. The zero-order valence-electron chi connectivity index (χ0n) is 14.9. The molecule has 0 atom stereocenters. The Morgan fingerprint density at radius 3 is 2.67 bits per heavy atom. The van der Waals surface area contributed by atoms with E-state index in [2.05, 4.69) is 26.6 Å². The molecule has 0 bridgehead atoms. The summed E-state index contributed by atoms with van der Waals surface area (Å²) in [5.74, 6) is -0.239. The number of hydrogen-bond donors (Lipinski definition) is 0. The van der Waals surface area contributed by atoms with Gasteiger partial charge in [-0.2, -0.15) is 0 Å². The van der Waals surface area contributed by atoms with Crippen molar-refractivity contribution in [1.29, 1.82) is 0 Å². The molecular weight excluding hydrogens is 424 g/mol. The molecule has 1 saturated heterocycles. The number of nitrogens with zero attached hydrogens (tertiary/aromatic N) is 2. The molecule has 0 aliphatic carbocycles. The number of rotatable bonds is 3. The highest BCUT2D eigenvalue weighted by Gasteiger charge is 2.35. The average molecular weight is 441 g/mol. The Labute approximate surface area is 170 Å². The Morgan fingerprint density at radius 1 is 1.11 bits per heavy atom. The molecule has 2 amide bonds. The van der Waals surface area contributed by atoms with E-state index in [-0.39, 0.29) is 17.7 Å². The van der Waals surface area contributed by atoms with Gasteiger partial charge < -0.3 is 4.57 Å². The second kappa shape index (κ2) is 7.02. The summed E-state index contributed by atoms with van der Waals surface area (Å²) in [6.07, 6.45) is 1.85. The minimum atomic E-state index is -0.239. The average Bonchev–Trinajstić information content (AvgIpc) is 3.05. The standard InChI is InChI=1S/C21H17BrN2O2S/c1-13-17(16-8-3-4-9-18(16)23(13)2)11-19-20(25)24(21(26)27-19)12-14-6-5-7-15(22)10-14/h3-11H,12H2,1-2H3/b19-11-. The molecule has 2 heterocycles. The molecule has 1 aliphatic heterocycles. The lowest BCUT2D eigenvalue weighted by atomic mass is 10.1. The van der Waals surface area contributed by atoms with E-state index >= 15 is 0 Å². The van der Waals surface area contributed by atoms with Crippen molar-refractivity contribution in [2.75, 3.05) is 0 Å². The predicted octanol–water partition coefficient (Wildman–Crippen LogP) is 5.49. The van der Waals surface area contributed by atoms with Gasteiger partial charge in [0.05, 0.1) is 11.4 Å². The number of halogens is 1. The van der Waals surface area contributed by atoms with Crippen molar-refractivity contribution in [1.82, 2.24) is 9.47 Å². The maximum Gasteiger partial charge on any atom is 0.293 e. The highest BCUT2D eigenvalue weighted by molar-refractivity contribution is 9.10. The van der Waals surface area contributed by atoms with Crippen LogP contribution in [0.4, 0.5) is 4.79 Å². The summed E-state index contributed by atoms with van der Waals surface area (Å²) >= 11 is 4.43.